The number of benzene rings is 1. The summed E-state index contributed by atoms with van der Waals surface area (Å²) in [6.45, 7) is 2.58. The molecule has 0 saturated carbocycles. The first-order chi connectivity index (χ1) is 11.2. The lowest BCUT2D eigenvalue weighted by Gasteiger charge is -2.13. The summed E-state index contributed by atoms with van der Waals surface area (Å²) in [6, 6.07) is 11.6. The summed E-state index contributed by atoms with van der Waals surface area (Å²) in [5.74, 6) is 0.707. The van der Waals surface area contributed by atoms with Crippen LogP contribution in [0.2, 0.25) is 0 Å². The molecule has 116 valence electrons. The van der Waals surface area contributed by atoms with Crippen LogP contribution in [0.5, 0.6) is 0 Å². The maximum absolute atomic E-state index is 8.95. The van der Waals surface area contributed by atoms with Gasteiger partial charge in [-0.3, -0.25) is 0 Å². The molecule has 0 spiro atoms. The SMILES string of the molecule is CC(CN)Nc1ccnc(Nc2nc3ccc(C#N)cc3s2)c1. The molecule has 1 atom stereocenters. The number of hydrogen-bond acceptors (Lipinski definition) is 7. The predicted molar refractivity (Wildman–Crippen MR) is 94.0 cm³/mol. The average Bonchev–Trinajstić information content (AvgIpc) is 2.96. The lowest BCUT2D eigenvalue weighted by molar-refractivity contribution is 0.804. The zero-order valence-corrected chi connectivity index (χ0v) is 13.4. The smallest absolute Gasteiger partial charge is 0.189 e. The van der Waals surface area contributed by atoms with Gasteiger partial charge in [-0.1, -0.05) is 11.3 Å². The lowest BCUT2D eigenvalue weighted by atomic mass is 10.2. The van der Waals surface area contributed by atoms with Gasteiger partial charge in [0.15, 0.2) is 5.13 Å². The van der Waals surface area contributed by atoms with Gasteiger partial charge in [0.05, 0.1) is 21.8 Å². The molecule has 6 nitrogen and oxygen atoms in total. The molecule has 0 radical (unpaired) electrons. The second-order valence-electron chi connectivity index (χ2n) is 5.15. The Balaban J connectivity index is 1.81. The van der Waals surface area contributed by atoms with Crippen molar-refractivity contribution >= 4 is 38.2 Å². The fourth-order valence-electron chi connectivity index (χ4n) is 2.09. The molecule has 1 aromatic carbocycles. The van der Waals surface area contributed by atoms with Gasteiger partial charge in [-0.05, 0) is 31.2 Å². The number of anilines is 3. The molecule has 0 saturated heterocycles. The van der Waals surface area contributed by atoms with Crippen molar-refractivity contribution in [1.82, 2.24) is 9.97 Å². The number of nitriles is 1. The van der Waals surface area contributed by atoms with Crippen LogP contribution in [-0.2, 0) is 0 Å². The Labute approximate surface area is 138 Å². The van der Waals surface area contributed by atoms with Gasteiger partial charge in [0, 0.05) is 30.5 Å². The summed E-state index contributed by atoms with van der Waals surface area (Å²) in [5.41, 5.74) is 8.07. The van der Waals surface area contributed by atoms with Crippen LogP contribution in [0.15, 0.2) is 36.5 Å². The molecular weight excluding hydrogens is 308 g/mol. The van der Waals surface area contributed by atoms with Crippen LogP contribution >= 0.6 is 11.3 Å². The Morgan fingerprint density at radius 2 is 2.22 bits per heavy atom. The van der Waals surface area contributed by atoms with Crippen LogP contribution in [0.3, 0.4) is 0 Å². The standard InChI is InChI=1S/C16H16N6S/c1-10(8-17)20-12-4-5-19-15(7-12)22-16-21-13-3-2-11(9-18)6-14(13)23-16/h2-7,10H,8,17H2,1H3,(H2,19,20,21,22). The van der Waals surface area contributed by atoms with E-state index in [1.54, 1.807) is 12.3 Å². The van der Waals surface area contributed by atoms with Crippen molar-refractivity contribution in [2.24, 2.45) is 5.73 Å². The average molecular weight is 324 g/mol. The molecule has 3 rings (SSSR count). The van der Waals surface area contributed by atoms with Crippen molar-refractivity contribution in [2.75, 3.05) is 17.2 Å². The summed E-state index contributed by atoms with van der Waals surface area (Å²) < 4.78 is 0.970. The number of nitrogens with zero attached hydrogens (tertiary/aromatic N) is 3. The first kappa shape index (κ1) is 15.2. The highest BCUT2D eigenvalue weighted by Crippen LogP contribution is 2.29. The minimum atomic E-state index is 0.192. The molecule has 0 fully saturated rings. The number of thiazole rings is 1. The number of aromatic nitrogens is 2. The summed E-state index contributed by atoms with van der Waals surface area (Å²) >= 11 is 1.49. The van der Waals surface area contributed by atoms with E-state index in [9.17, 15) is 0 Å². The van der Waals surface area contributed by atoms with Crippen LogP contribution in [0.4, 0.5) is 16.6 Å². The maximum atomic E-state index is 8.95. The maximum Gasteiger partial charge on any atom is 0.189 e. The zero-order valence-electron chi connectivity index (χ0n) is 12.6. The highest BCUT2D eigenvalue weighted by atomic mass is 32.1. The largest absolute Gasteiger partial charge is 0.381 e. The zero-order chi connectivity index (χ0) is 16.2. The van der Waals surface area contributed by atoms with Crippen molar-refractivity contribution in [3.8, 4) is 6.07 Å². The highest BCUT2D eigenvalue weighted by molar-refractivity contribution is 7.22. The molecule has 2 heterocycles. The molecule has 0 aliphatic carbocycles. The van der Waals surface area contributed by atoms with Gasteiger partial charge in [0.25, 0.3) is 0 Å². The Morgan fingerprint density at radius 3 is 3.00 bits per heavy atom. The summed E-state index contributed by atoms with van der Waals surface area (Å²) in [6.07, 6.45) is 1.73. The number of nitrogens with two attached hydrogens (primary N) is 1. The highest BCUT2D eigenvalue weighted by Gasteiger charge is 2.07. The van der Waals surface area contributed by atoms with Gasteiger partial charge in [0.2, 0.25) is 0 Å². The van der Waals surface area contributed by atoms with Crippen molar-refractivity contribution in [1.29, 1.82) is 5.26 Å². The third-order valence-electron chi connectivity index (χ3n) is 3.28. The minimum absolute atomic E-state index is 0.192. The van der Waals surface area contributed by atoms with E-state index in [4.69, 9.17) is 11.0 Å². The van der Waals surface area contributed by atoms with E-state index < -0.39 is 0 Å². The number of hydrogen-bond donors (Lipinski definition) is 3. The van der Waals surface area contributed by atoms with E-state index in [0.29, 0.717) is 17.9 Å². The molecule has 0 amide bonds. The number of nitrogens with one attached hydrogen (secondary N) is 2. The third-order valence-corrected chi connectivity index (χ3v) is 4.21. The van der Waals surface area contributed by atoms with E-state index in [0.717, 1.165) is 21.0 Å². The molecule has 1 unspecified atom stereocenters. The third kappa shape index (κ3) is 3.56. The van der Waals surface area contributed by atoms with Crippen LogP contribution in [0.1, 0.15) is 12.5 Å². The van der Waals surface area contributed by atoms with Crippen LogP contribution < -0.4 is 16.4 Å². The van der Waals surface area contributed by atoms with Crippen LogP contribution in [0, 0.1) is 11.3 Å². The molecule has 3 aromatic rings. The fourth-order valence-corrected chi connectivity index (χ4v) is 3.00. The molecular formula is C16H16N6S. The molecule has 7 heteroatoms. The Kier molecular flexibility index (Phi) is 4.37. The van der Waals surface area contributed by atoms with Gasteiger partial charge in [-0.2, -0.15) is 5.26 Å². The van der Waals surface area contributed by atoms with Crippen molar-refractivity contribution in [3.63, 3.8) is 0 Å². The van der Waals surface area contributed by atoms with E-state index >= 15 is 0 Å². The molecule has 0 bridgehead atoms. The number of pyridine rings is 1. The van der Waals surface area contributed by atoms with Gasteiger partial charge in [-0.15, -0.1) is 0 Å². The van der Waals surface area contributed by atoms with Crippen molar-refractivity contribution in [3.05, 3.63) is 42.1 Å². The Hall–Kier alpha value is -2.69. The fraction of sp³-hybridized carbons (Fsp3) is 0.188. The van der Waals surface area contributed by atoms with E-state index in [-0.39, 0.29) is 6.04 Å². The predicted octanol–water partition coefficient (Wildman–Crippen LogP) is 3.07. The van der Waals surface area contributed by atoms with Crippen molar-refractivity contribution in [2.45, 2.75) is 13.0 Å². The molecule has 4 N–H and O–H groups in total. The minimum Gasteiger partial charge on any atom is -0.381 e. The van der Waals surface area contributed by atoms with Gasteiger partial charge in [0.1, 0.15) is 5.82 Å². The molecule has 23 heavy (non-hydrogen) atoms. The van der Waals surface area contributed by atoms with Crippen LogP contribution in [-0.4, -0.2) is 22.6 Å². The van der Waals surface area contributed by atoms with Crippen molar-refractivity contribution < 1.29 is 0 Å². The lowest BCUT2D eigenvalue weighted by Crippen LogP contribution is -2.25. The Morgan fingerprint density at radius 1 is 1.35 bits per heavy atom. The second-order valence-corrected chi connectivity index (χ2v) is 6.18. The second kappa shape index (κ2) is 6.60. The van der Waals surface area contributed by atoms with Gasteiger partial charge in [-0.25, -0.2) is 9.97 Å². The van der Waals surface area contributed by atoms with E-state index in [1.165, 1.54) is 11.3 Å². The van der Waals surface area contributed by atoms with Gasteiger partial charge < -0.3 is 16.4 Å². The molecule has 0 aliphatic heterocycles. The summed E-state index contributed by atoms with van der Waals surface area (Å²) in [4.78, 5) is 8.81. The van der Waals surface area contributed by atoms with Crippen LogP contribution in [0.25, 0.3) is 10.2 Å². The summed E-state index contributed by atoms with van der Waals surface area (Å²) in [7, 11) is 0. The van der Waals surface area contributed by atoms with E-state index in [1.807, 2.05) is 31.2 Å². The van der Waals surface area contributed by atoms with Gasteiger partial charge >= 0.3 is 0 Å². The normalized spacial score (nSPS) is 11.9. The number of fused-ring (bicyclic) bond motifs is 1. The van der Waals surface area contributed by atoms with E-state index in [2.05, 4.69) is 26.7 Å². The Bertz CT molecular complexity index is 866. The molecule has 0 aliphatic rings. The monoisotopic (exact) mass is 324 g/mol. The first-order valence-electron chi connectivity index (χ1n) is 7.18. The molecule has 2 aromatic heterocycles. The number of rotatable bonds is 5. The summed E-state index contributed by atoms with van der Waals surface area (Å²) in [5, 5.41) is 16.2. The quantitative estimate of drug-likeness (QED) is 0.667. The first-order valence-corrected chi connectivity index (χ1v) is 8.00. The topological polar surface area (TPSA) is 99.7 Å².